The molecule has 1 heterocycles. The molecule has 1 aromatic rings. The van der Waals surface area contributed by atoms with Crippen LogP contribution in [-0.4, -0.2) is 32.5 Å². The summed E-state index contributed by atoms with van der Waals surface area (Å²) in [5.41, 5.74) is 0. The van der Waals surface area contributed by atoms with Crippen molar-refractivity contribution in [2.45, 2.75) is 24.4 Å². The van der Waals surface area contributed by atoms with Gasteiger partial charge in [-0.3, -0.25) is 0 Å². The van der Waals surface area contributed by atoms with Gasteiger partial charge < -0.3 is 0 Å². The lowest BCUT2D eigenvalue weighted by molar-refractivity contribution is -0.135. The molecule has 0 saturated heterocycles. The molecule has 0 unspecified atom stereocenters. The lowest BCUT2D eigenvalue weighted by atomic mass is 10.4. The summed E-state index contributed by atoms with van der Waals surface area (Å²) in [7, 11) is -2.71. The van der Waals surface area contributed by atoms with E-state index < -0.39 is 29.2 Å². The van der Waals surface area contributed by atoms with Crippen molar-refractivity contribution >= 4 is 37.3 Å². The highest BCUT2D eigenvalue weighted by Crippen LogP contribution is 2.31. The highest BCUT2D eigenvalue weighted by molar-refractivity contribution is 9.11. The fraction of sp³-hybridized carbons (Fsp3) is 0.556. The first-order valence-electron chi connectivity index (χ1n) is 4.83. The summed E-state index contributed by atoms with van der Waals surface area (Å²) in [6.45, 7) is 1.03. The number of hydrogen-bond donors (Lipinski definition) is 0. The van der Waals surface area contributed by atoms with Gasteiger partial charge in [0.25, 0.3) is 0 Å². The Morgan fingerprint density at radius 1 is 1.44 bits per heavy atom. The van der Waals surface area contributed by atoms with Crippen LogP contribution >= 0.6 is 27.3 Å². The molecule has 0 amide bonds. The van der Waals surface area contributed by atoms with Crippen LogP contribution in [0.25, 0.3) is 0 Å². The summed E-state index contributed by atoms with van der Waals surface area (Å²) in [5, 5.41) is 0. The molecule has 3 nitrogen and oxygen atoms in total. The van der Waals surface area contributed by atoms with E-state index in [0.29, 0.717) is 8.66 Å². The van der Waals surface area contributed by atoms with Crippen molar-refractivity contribution in [2.24, 2.45) is 0 Å². The molecule has 9 heteroatoms. The van der Waals surface area contributed by atoms with Gasteiger partial charge in [0.15, 0.2) is 0 Å². The van der Waals surface area contributed by atoms with Crippen LogP contribution in [0.4, 0.5) is 13.2 Å². The largest absolute Gasteiger partial charge is 0.390 e. The number of thiophene rings is 1. The van der Waals surface area contributed by atoms with Gasteiger partial charge in [0, 0.05) is 18.5 Å². The SMILES string of the molecule is Cc1sc(Br)cc1S(=O)(=O)N(C)CCC(F)(F)F. The third-order valence-electron chi connectivity index (χ3n) is 2.24. The third-order valence-corrected chi connectivity index (χ3v) is 5.91. The smallest absolute Gasteiger partial charge is 0.207 e. The van der Waals surface area contributed by atoms with Gasteiger partial charge in [-0.1, -0.05) is 0 Å². The summed E-state index contributed by atoms with van der Waals surface area (Å²) in [4.78, 5) is 0.588. The Labute approximate surface area is 116 Å². The molecule has 0 bridgehead atoms. The van der Waals surface area contributed by atoms with E-state index in [0.717, 1.165) is 11.4 Å². The van der Waals surface area contributed by atoms with Crippen LogP contribution < -0.4 is 0 Å². The average Bonchev–Trinajstić information content (AvgIpc) is 2.53. The van der Waals surface area contributed by atoms with Crippen molar-refractivity contribution in [1.82, 2.24) is 4.31 Å². The molecule has 0 aliphatic rings. The van der Waals surface area contributed by atoms with Crippen LogP contribution in [0.5, 0.6) is 0 Å². The van der Waals surface area contributed by atoms with Gasteiger partial charge in [-0.05, 0) is 28.9 Å². The molecule has 0 radical (unpaired) electrons. The average molecular weight is 366 g/mol. The summed E-state index contributed by atoms with van der Waals surface area (Å²) in [5.74, 6) is 0. The van der Waals surface area contributed by atoms with E-state index in [1.807, 2.05) is 0 Å². The minimum Gasteiger partial charge on any atom is -0.207 e. The lowest BCUT2D eigenvalue weighted by Crippen LogP contribution is -2.30. The molecule has 0 atom stereocenters. The fourth-order valence-electron chi connectivity index (χ4n) is 1.26. The van der Waals surface area contributed by atoms with Gasteiger partial charge in [0.1, 0.15) is 0 Å². The molecular formula is C9H11BrF3NO2S2. The Morgan fingerprint density at radius 3 is 2.39 bits per heavy atom. The van der Waals surface area contributed by atoms with E-state index in [1.165, 1.54) is 17.4 Å². The molecule has 1 rings (SSSR count). The van der Waals surface area contributed by atoms with Gasteiger partial charge in [-0.15, -0.1) is 11.3 Å². The zero-order chi connectivity index (χ0) is 14.1. The van der Waals surface area contributed by atoms with Crippen LogP contribution in [0.1, 0.15) is 11.3 Å². The van der Waals surface area contributed by atoms with Crippen LogP contribution in [0, 0.1) is 6.92 Å². The first-order chi connectivity index (χ1) is 8.04. The van der Waals surface area contributed by atoms with E-state index in [9.17, 15) is 21.6 Å². The molecule has 0 fully saturated rings. The van der Waals surface area contributed by atoms with Crippen LogP contribution in [-0.2, 0) is 10.0 Å². The topological polar surface area (TPSA) is 37.4 Å². The normalized spacial score (nSPS) is 13.3. The van der Waals surface area contributed by atoms with Crippen molar-refractivity contribution in [1.29, 1.82) is 0 Å². The van der Waals surface area contributed by atoms with Gasteiger partial charge >= 0.3 is 6.18 Å². The van der Waals surface area contributed by atoms with Crippen molar-refractivity contribution in [2.75, 3.05) is 13.6 Å². The molecule has 0 saturated carbocycles. The van der Waals surface area contributed by atoms with E-state index in [2.05, 4.69) is 15.9 Å². The molecule has 1 aromatic heterocycles. The number of nitrogens with zero attached hydrogens (tertiary/aromatic N) is 1. The number of halogens is 4. The minimum atomic E-state index is -4.37. The second kappa shape index (κ2) is 5.48. The molecule has 18 heavy (non-hydrogen) atoms. The van der Waals surface area contributed by atoms with E-state index in [1.54, 1.807) is 6.92 Å². The van der Waals surface area contributed by atoms with Crippen molar-refractivity contribution in [3.05, 3.63) is 14.7 Å². The number of sulfonamides is 1. The van der Waals surface area contributed by atoms with E-state index in [-0.39, 0.29) is 4.90 Å². The minimum absolute atomic E-state index is 0.0454. The molecule has 0 N–H and O–H groups in total. The third kappa shape index (κ3) is 3.94. The molecular weight excluding hydrogens is 355 g/mol. The lowest BCUT2D eigenvalue weighted by Gasteiger charge is -2.17. The highest BCUT2D eigenvalue weighted by atomic mass is 79.9. The standard InChI is InChI=1S/C9H11BrF3NO2S2/c1-6-7(5-8(10)17-6)18(15,16)14(2)4-3-9(11,12)13/h5H,3-4H2,1-2H3. The maximum atomic E-state index is 12.1. The first kappa shape index (κ1) is 15.9. The van der Waals surface area contributed by atoms with Gasteiger partial charge in [0.05, 0.1) is 15.1 Å². The molecule has 104 valence electrons. The Kier molecular flexibility index (Phi) is 4.85. The number of aryl methyl sites for hydroxylation is 1. The van der Waals surface area contributed by atoms with Gasteiger partial charge in [0.2, 0.25) is 10.0 Å². The Balaban J connectivity index is 2.90. The molecule has 0 aliphatic heterocycles. The monoisotopic (exact) mass is 365 g/mol. The predicted molar refractivity (Wildman–Crippen MR) is 67.2 cm³/mol. The number of rotatable bonds is 4. The summed E-state index contributed by atoms with van der Waals surface area (Å²) in [6, 6.07) is 1.40. The zero-order valence-corrected chi connectivity index (χ0v) is 12.8. The van der Waals surface area contributed by atoms with Gasteiger partial charge in [-0.2, -0.15) is 13.2 Å². The first-order valence-corrected chi connectivity index (χ1v) is 7.88. The Bertz CT molecular complexity index is 524. The van der Waals surface area contributed by atoms with E-state index >= 15 is 0 Å². The fourth-order valence-corrected chi connectivity index (χ4v) is 4.81. The van der Waals surface area contributed by atoms with Crippen LogP contribution in [0.15, 0.2) is 14.7 Å². The molecule has 0 aromatic carbocycles. The van der Waals surface area contributed by atoms with Gasteiger partial charge in [-0.25, -0.2) is 12.7 Å². The second-order valence-electron chi connectivity index (χ2n) is 3.66. The van der Waals surface area contributed by atoms with Crippen molar-refractivity contribution in [3.63, 3.8) is 0 Å². The molecule has 0 aliphatic carbocycles. The van der Waals surface area contributed by atoms with Crippen molar-refractivity contribution < 1.29 is 21.6 Å². The number of hydrogen-bond acceptors (Lipinski definition) is 3. The zero-order valence-electron chi connectivity index (χ0n) is 9.58. The number of alkyl halides is 3. The quantitative estimate of drug-likeness (QED) is 0.819. The van der Waals surface area contributed by atoms with E-state index in [4.69, 9.17) is 0 Å². The molecule has 0 spiro atoms. The maximum absolute atomic E-state index is 12.1. The van der Waals surface area contributed by atoms with Crippen LogP contribution in [0.2, 0.25) is 0 Å². The Hall–Kier alpha value is -0.120. The Morgan fingerprint density at radius 2 is 2.00 bits per heavy atom. The predicted octanol–water partition coefficient (Wildman–Crippen LogP) is 3.39. The summed E-state index contributed by atoms with van der Waals surface area (Å²) < 4.78 is 61.6. The highest BCUT2D eigenvalue weighted by Gasteiger charge is 2.31. The maximum Gasteiger partial charge on any atom is 0.390 e. The van der Waals surface area contributed by atoms with Crippen LogP contribution in [0.3, 0.4) is 0 Å². The summed E-state index contributed by atoms with van der Waals surface area (Å²) >= 11 is 4.38. The summed E-state index contributed by atoms with van der Waals surface area (Å²) in [6.07, 6.45) is -5.53. The second-order valence-corrected chi connectivity index (χ2v) is 8.31. The van der Waals surface area contributed by atoms with Crippen molar-refractivity contribution in [3.8, 4) is 0 Å².